The van der Waals surface area contributed by atoms with Crippen molar-refractivity contribution in [2.24, 2.45) is 0 Å². The van der Waals surface area contributed by atoms with Crippen LogP contribution in [0.5, 0.6) is 0 Å². The number of carbonyl (C=O) groups is 2. The normalized spacial score (nSPS) is 21.4. The van der Waals surface area contributed by atoms with Crippen molar-refractivity contribution in [1.29, 1.82) is 0 Å². The molecule has 0 saturated carbocycles. The summed E-state index contributed by atoms with van der Waals surface area (Å²) in [4.78, 5) is 22.8. The lowest BCUT2D eigenvalue weighted by Gasteiger charge is -2.05. The van der Waals surface area contributed by atoms with Crippen LogP contribution in [-0.2, 0) is 19.1 Å². The number of cyclic esters (lactones) is 2. The van der Waals surface area contributed by atoms with Gasteiger partial charge in [-0.25, -0.2) is 4.79 Å². The summed E-state index contributed by atoms with van der Waals surface area (Å²) in [6.07, 6.45) is 0.366. The van der Waals surface area contributed by atoms with E-state index in [1.54, 1.807) is 21.6 Å². The summed E-state index contributed by atoms with van der Waals surface area (Å²) >= 11 is 1.49. The summed E-state index contributed by atoms with van der Waals surface area (Å²) < 4.78 is 10.1. The molecule has 7 heteroatoms. The predicted molar refractivity (Wildman–Crippen MR) is 77.9 cm³/mol. The van der Waals surface area contributed by atoms with E-state index in [0.29, 0.717) is 36.7 Å². The molecule has 0 spiro atoms. The van der Waals surface area contributed by atoms with Gasteiger partial charge in [0, 0.05) is 28.6 Å². The van der Waals surface area contributed by atoms with Gasteiger partial charge in [-0.3, -0.25) is 4.79 Å². The average Bonchev–Trinajstić information content (AvgIpc) is 2.36. The Bertz CT molecular complexity index is 307. The van der Waals surface area contributed by atoms with Crippen LogP contribution >= 0.6 is 33.3 Å². The first-order valence-corrected chi connectivity index (χ1v) is 9.17. The van der Waals surface area contributed by atoms with Crippen molar-refractivity contribution in [3.63, 3.8) is 0 Å². The van der Waals surface area contributed by atoms with Crippen LogP contribution in [0.1, 0.15) is 6.42 Å². The molecule has 0 radical (unpaired) electrons. The van der Waals surface area contributed by atoms with Crippen LogP contribution in [0.25, 0.3) is 0 Å². The number of hydrogen-bond acceptors (Lipinski definition) is 7. The molecule has 18 heavy (non-hydrogen) atoms. The molecule has 0 N–H and O–H groups in total. The highest BCUT2D eigenvalue weighted by molar-refractivity contribution is 8.76. The molecule has 0 aromatic rings. The average molecular weight is 308 g/mol. The van der Waals surface area contributed by atoms with Crippen LogP contribution in [-0.4, -0.2) is 48.2 Å². The fourth-order valence-electron chi connectivity index (χ4n) is 1.06. The van der Waals surface area contributed by atoms with E-state index in [4.69, 9.17) is 9.47 Å². The fourth-order valence-corrected chi connectivity index (χ4v) is 3.53. The lowest BCUT2D eigenvalue weighted by atomic mass is 10.4. The van der Waals surface area contributed by atoms with Crippen LogP contribution in [0, 0.1) is 0 Å². The third-order valence-corrected chi connectivity index (χ3v) is 5.31. The van der Waals surface area contributed by atoms with Crippen LogP contribution in [0.2, 0.25) is 0 Å². The van der Waals surface area contributed by atoms with E-state index in [0.717, 1.165) is 11.5 Å². The van der Waals surface area contributed by atoms with E-state index in [1.165, 1.54) is 11.8 Å². The van der Waals surface area contributed by atoms with E-state index in [1.807, 2.05) is 0 Å². The van der Waals surface area contributed by atoms with E-state index < -0.39 is 0 Å². The predicted octanol–water partition coefficient (Wildman–Crippen LogP) is 2.15. The second-order valence-electron chi connectivity index (χ2n) is 3.41. The van der Waals surface area contributed by atoms with E-state index in [9.17, 15) is 9.59 Å². The number of carbonyl (C=O) groups excluding carboxylic acids is 2. The Hall–Kier alpha value is -0.270. The first-order valence-electron chi connectivity index (χ1n) is 5.53. The van der Waals surface area contributed by atoms with Gasteiger partial charge >= 0.3 is 11.9 Å². The highest BCUT2D eigenvalue weighted by Crippen LogP contribution is 2.20. The van der Waals surface area contributed by atoms with Gasteiger partial charge in [0.15, 0.2) is 0 Å². The van der Waals surface area contributed by atoms with E-state index >= 15 is 0 Å². The minimum absolute atomic E-state index is 0.184. The molecule has 0 aromatic heterocycles. The summed E-state index contributed by atoms with van der Waals surface area (Å²) in [7, 11) is 3.21. The van der Waals surface area contributed by atoms with Gasteiger partial charge in [0.25, 0.3) is 0 Å². The summed E-state index contributed by atoms with van der Waals surface area (Å²) in [5.41, 5.74) is 0.445. The van der Waals surface area contributed by atoms with Crippen LogP contribution in [0.3, 0.4) is 0 Å². The maximum atomic E-state index is 11.5. The smallest absolute Gasteiger partial charge is 0.334 e. The number of thioether (sulfide) groups is 1. The van der Waals surface area contributed by atoms with Gasteiger partial charge in [-0.15, -0.1) is 0 Å². The zero-order chi connectivity index (χ0) is 13.2. The second-order valence-corrected chi connectivity index (χ2v) is 7.21. The molecule has 0 bridgehead atoms. The van der Waals surface area contributed by atoms with Gasteiger partial charge in [-0.05, 0) is 0 Å². The molecule has 102 valence electrons. The third kappa shape index (κ3) is 7.23. The van der Waals surface area contributed by atoms with Gasteiger partial charge in [0.1, 0.15) is 13.2 Å². The standard InChI is InChI=1S/C11H16O4S3/c1-9-8-16-5-2-10(12)14-3-6-17-18-7-4-15-11(9)13/h1-8H2. The molecular weight excluding hydrogens is 292 g/mol. The largest absolute Gasteiger partial charge is 0.465 e. The topological polar surface area (TPSA) is 52.6 Å². The van der Waals surface area contributed by atoms with Crippen LogP contribution < -0.4 is 0 Å². The third-order valence-electron chi connectivity index (χ3n) is 1.93. The molecule has 1 saturated heterocycles. The zero-order valence-electron chi connectivity index (χ0n) is 10.0. The highest BCUT2D eigenvalue weighted by atomic mass is 33.1. The van der Waals surface area contributed by atoms with Crippen LogP contribution in [0.4, 0.5) is 0 Å². The minimum atomic E-state index is -0.342. The van der Waals surface area contributed by atoms with Crippen LogP contribution in [0.15, 0.2) is 12.2 Å². The zero-order valence-corrected chi connectivity index (χ0v) is 12.5. The number of ether oxygens (including phenoxy) is 2. The molecule has 1 heterocycles. The molecule has 1 aliphatic rings. The SMILES string of the molecule is C=C1CSCCC(=O)OCCSSCCOC1=O. The molecule has 1 fully saturated rings. The lowest BCUT2D eigenvalue weighted by Crippen LogP contribution is -2.11. The lowest BCUT2D eigenvalue weighted by molar-refractivity contribution is -0.142. The first kappa shape index (κ1) is 15.8. The van der Waals surface area contributed by atoms with Gasteiger partial charge in [0.2, 0.25) is 0 Å². The Balaban J connectivity index is 2.36. The number of esters is 2. The molecule has 4 nitrogen and oxygen atoms in total. The molecular formula is C11H16O4S3. The summed E-state index contributed by atoms with van der Waals surface area (Å²) in [6, 6.07) is 0. The van der Waals surface area contributed by atoms with Crippen molar-refractivity contribution >= 4 is 45.3 Å². The monoisotopic (exact) mass is 308 g/mol. The molecule has 1 aliphatic heterocycles. The maximum absolute atomic E-state index is 11.5. The van der Waals surface area contributed by atoms with Crippen molar-refractivity contribution < 1.29 is 19.1 Å². The fraction of sp³-hybridized carbons (Fsp3) is 0.636. The van der Waals surface area contributed by atoms with E-state index in [2.05, 4.69) is 6.58 Å². The van der Waals surface area contributed by atoms with E-state index in [-0.39, 0.29) is 11.9 Å². The Morgan fingerprint density at radius 3 is 2.39 bits per heavy atom. The van der Waals surface area contributed by atoms with Crippen molar-refractivity contribution in [2.75, 3.05) is 36.2 Å². The summed E-state index contributed by atoms with van der Waals surface area (Å²) in [5, 5.41) is 0. The molecule has 0 atom stereocenters. The number of rotatable bonds is 0. The molecule has 0 aromatic carbocycles. The first-order chi connectivity index (χ1) is 8.70. The van der Waals surface area contributed by atoms with Gasteiger partial charge in [0.05, 0.1) is 6.42 Å². The quantitative estimate of drug-likeness (QED) is 0.386. The molecule has 0 unspecified atom stereocenters. The Morgan fingerprint density at radius 1 is 1.00 bits per heavy atom. The maximum Gasteiger partial charge on any atom is 0.334 e. The highest BCUT2D eigenvalue weighted by Gasteiger charge is 2.10. The Labute approximate surface area is 119 Å². The summed E-state index contributed by atoms with van der Waals surface area (Å²) in [5.74, 6) is 2.08. The molecule has 0 aliphatic carbocycles. The van der Waals surface area contributed by atoms with Gasteiger partial charge < -0.3 is 9.47 Å². The number of hydrogen-bond donors (Lipinski definition) is 0. The van der Waals surface area contributed by atoms with Crippen molar-refractivity contribution in [3.05, 3.63) is 12.2 Å². The Kier molecular flexibility index (Phi) is 8.45. The summed E-state index contributed by atoms with van der Waals surface area (Å²) in [6.45, 7) is 4.51. The molecule has 0 amide bonds. The Morgan fingerprint density at radius 2 is 1.67 bits per heavy atom. The van der Waals surface area contributed by atoms with Gasteiger partial charge in [-0.1, -0.05) is 28.2 Å². The van der Waals surface area contributed by atoms with Crippen molar-refractivity contribution in [1.82, 2.24) is 0 Å². The van der Waals surface area contributed by atoms with Crippen molar-refractivity contribution in [3.8, 4) is 0 Å². The minimum Gasteiger partial charge on any atom is -0.465 e. The van der Waals surface area contributed by atoms with Crippen molar-refractivity contribution in [2.45, 2.75) is 6.42 Å². The van der Waals surface area contributed by atoms with Gasteiger partial charge in [-0.2, -0.15) is 11.8 Å². The molecule has 1 rings (SSSR count). The second kappa shape index (κ2) is 9.63.